The van der Waals surface area contributed by atoms with E-state index in [4.69, 9.17) is 14.2 Å². The molecular weight excluding hydrogens is 420 g/mol. The Bertz CT molecular complexity index is 978. The Morgan fingerprint density at radius 2 is 1.87 bits per heavy atom. The number of carbonyl (C=O) groups is 1. The van der Waals surface area contributed by atoms with E-state index >= 15 is 0 Å². The van der Waals surface area contributed by atoms with Crippen LogP contribution in [-0.4, -0.2) is 53.0 Å². The number of benzene rings is 2. The second-order valence-electron chi connectivity index (χ2n) is 7.17. The van der Waals surface area contributed by atoms with Crippen LogP contribution in [0.25, 0.3) is 0 Å². The molecule has 0 fully saturated rings. The van der Waals surface area contributed by atoms with E-state index in [1.165, 1.54) is 4.31 Å². The molecule has 3 rings (SSSR count). The first-order chi connectivity index (χ1) is 14.9. The minimum atomic E-state index is -3.47. The summed E-state index contributed by atoms with van der Waals surface area (Å²) in [6.45, 7) is 3.30. The van der Waals surface area contributed by atoms with Crippen LogP contribution in [0.5, 0.6) is 17.2 Å². The lowest BCUT2D eigenvalue weighted by molar-refractivity contribution is -0.121. The van der Waals surface area contributed by atoms with E-state index in [1.807, 2.05) is 31.2 Å². The number of amides is 1. The summed E-state index contributed by atoms with van der Waals surface area (Å²) < 4.78 is 42.6. The number of ether oxygens (including phenoxy) is 3. The van der Waals surface area contributed by atoms with Crippen LogP contribution in [0.4, 0.5) is 5.69 Å². The van der Waals surface area contributed by atoms with Gasteiger partial charge in [-0.2, -0.15) is 0 Å². The Labute approximate surface area is 183 Å². The van der Waals surface area contributed by atoms with Crippen molar-refractivity contribution < 1.29 is 27.4 Å². The third-order valence-electron chi connectivity index (χ3n) is 4.70. The highest BCUT2D eigenvalue weighted by atomic mass is 32.2. The topological polar surface area (TPSA) is 94.2 Å². The first kappa shape index (κ1) is 22.7. The zero-order chi connectivity index (χ0) is 22.3. The molecule has 168 valence electrons. The van der Waals surface area contributed by atoms with Crippen LogP contribution in [0.15, 0.2) is 48.5 Å². The molecule has 8 nitrogen and oxygen atoms in total. The number of anilines is 1. The van der Waals surface area contributed by atoms with Gasteiger partial charge in [0, 0.05) is 13.0 Å². The second kappa shape index (κ2) is 10.4. The second-order valence-corrected chi connectivity index (χ2v) is 9.07. The molecule has 1 aliphatic rings. The summed E-state index contributed by atoms with van der Waals surface area (Å²) in [6.07, 6.45) is 1.47. The Hall–Kier alpha value is -2.94. The number of nitrogens with one attached hydrogen (secondary N) is 1. The SMILES string of the molecule is CCOc1ccc(N(CCCC(=O)NC[C@H]2COc3ccccc3O2)S(C)(=O)=O)cc1. The van der Waals surface area contributed by atoms with Gasteiger partial charge in [-0.3, -0.25) is 9.10 Å². The summed E-state index contributed by atoms with van der Waals surface area (Å²) in [6, 6.07) is 14.3. The van der Waals surface area contributed by atoms with E-state index in [0.29, 0.717) is 49.1 Å². The van der Waals surface area contributed by atoms with Crippen LogP contribution < -0.4 is 23.8 Å². The molecule has 0 bridgehead atoms. The van der Waals surface area contributed by atoms with Crippen LogP contribution in [0, 0.1) is 0 Å². The molecule has 1 N–H and O–H groups in total. The van der Waals surface area contributed by atoms with E-state index in [0.717, 1.165) is 6.26 Å². The third-order valence-corrected chi connectivity index (χ3v) is 5.89. The van der Waals surface area contributed by atoms with Crippen LogP contribution in [0.2, 0.25) is 0 Å². The van der Waals surface area contributed by atoms with Crippen molar-refractivity contribution >= 4 is 21.6 Å². The summed E-state index contributed by atoms with van der Waals surface area (Å²) >= 11 is 0. The predicted molar refractivity (Wildman–Crippen MR) is 118 cm³/mol. The standard InChI is InChI=1S/C22H28N2O6S/c1-3-28-18-12-10-17(11-13-18)24(31(2,26)27)14-6-9-22(25)23-15-19-16-29-20-7-4-5-8-21(20)30-19/h4-5,7-8,10-13,19H,3,6,9,14-16H2,1-2H3,(H,23,25)/t19-/m0/s1. The van der Waals surface area contributed by atoms with Gasteiger partial charge in [-0.25, -0.2) is 8.42 Å². The van der Waals surface area contributed by atoms with E-state index in [1.54, 1.807) is 24.3 Å². The highest BCUT2D eigenvalue weighted by molar-refractivity contribution is 7.92. The molecule has 0 saturated carbocycles. The lowest BCUT2D eigenvalue weighted by atomic mass is 10.2. The number of hydrogen-bond acceptors (Lipinski definition) is 6. The summed E-state index contributed by atoms with van der Waals surface area (Å²) in [5.74, 6) is 1.87. The molecule has 31 heavy (non-hydrogen) atoms. The molecule has 1 aliphatic heterocycles. The molecule has 1 atom stereocenters. The van der Waals surface area contributed by atoms with Gasteiger partial charge in [0.15, 0.2) is 11.5 Å². The van der Waals surface area contributed by atoms with Gasteiger partial charge in [-0.05, 0) is 49.7 Å². The average Bonchev–Trinajstić information content (AvgIpc) is 2.75. The van der Waals surface area contributed by atoms with Gasteiger partial charge in [0.05, 0.1) is 25.1 Å². The molecule has 1 amide bonds. The summed E-state index contributed by atoms with van der Waals surface area (Å²) in [5.41, 5.74) is 0.540. The van der Waals surface area contributed by atoms with Gasteiger partial charge in [0.2, 0.25) is 15.9 Å². The summed E-state index contributed by atoms with van der Waals surface area (Å²) in [5, 5.41) is 2.83. The Morgan fingerprint density at radius 3 is 2.55 bits per heavy atom. The fourth-order valence-electron chi connectivity index (χ4n) is 3.22. The molecule has 0 aliphatic carbocycles. The number of sulfonamides is 1. The van der Waals surface area contributed by atoms with Crippen molar-refractivity contribution in [1.29, 1.82) is 0 Å². The van der Waals surface area contributed by atoms with Crippen molar-refractivity contribution in [3.05, 3.63) is 48.5 Å². The van der Waals surface area contributed by atoms with Crippen LogP contribution in [0.3, 0.4) is 0 Å². The van der Waals surface area contributed by atoms with Crippen molar-refractivity contribution in [2.45, 2.75) is 25.9 Å². The number of nitrogens with zero attached hydrogens (tertiary/aromatic N) is 1. The third kappa shape index (κ3) is 6.52. The molecule has 0 unspecified atom stereocenters. The number of carbonyl (C=O) groups excluding carboxylic acids is 1. The maximum Gasteiger partial charge on any atom is 0.232 e. The Kier molecular flexibility index (Phi) is 7.62. The molecule has 2 aromatic carbocycles. The van der Waals surface area contributed by atoms with Gasteiger partial charge in [-0.15, -0.1) is 0 Å². The average molecular weight is 449 g/mol. The Morgan fingerprint density at radius 1 is 1.16 bits per heavy atom. The predicted octanol–water partition coefficient (Wildman–Crippen LogP) is 2.59. The monoisotopic (exact) mass is 448 g/mol. The summed E-state index contributed by atoms with van der Waals surface area (Å²) in [4.78, 5) is 12.2. The Balaban J connectivity index is 1.46. The van der Waals surface area contributed by atoms with Crippen molar-refractivity contribution in [2.24, 2.45) is 0 Å². The first-order valence-electron chi connectivity index (χ1n) is 10.2. The molecular formula is C22H28N2O6S. The summed E-state index contributed by atoms with van der Waals surface area (Å²) in [7, 11) is -3.47. The van der Waals surface area contributed by atoms with E-state index in [2.05, 4.69) is 5.32 Å². The molecule has 9 heteroatoms. The first-order valence-corrected chi connectivity index (χ1v) is 12.1. The molecule has 0 saturated heterocycles. The lowest BCUT2D eigenvalue weighted by Crippen LogP contribution is -2.41. The van der Waals surface area contributed by atoms with Gasteiger partial charge in [0.25, 0.3) is 0 Å². The molecule has 0 radical (unpaired) electrons. The van der Waals surface area contributed by atoms with E-state index < -0.39 is 10.0 Å². The van der Waals surface area contributed by atoms with Crippen molar-refractivity contribution in [3.63, 3.8) is 0 Å². The number of hydrogen-bond donors (Lipinski definition) is 1. The zero-order valence-corrected chi connectivity index (χ0v) is 18.6. The number of fused-ring (bicyclic) bond motifs is 1. The lowest BCUT2D eigenvalue weighted by Gasteiger charge is -2.26. The highest BCUT2D eigenvalue weighted by Crippen LogP contribution is 2.30. The quantitative estimate of drug-likeness (QED) is 0.600. The van der Waals surface area contributed by atoms with Crippen LogP contribution >= 0.6 is 0 Å². The van der Waals surface area contributed by atoms with Crippen LogP contribution in [0.1, 0.15) is 19.8 Å². The fourth-order valence-corrected chi connectivity index (χ4v) is 4.19. The normalized spacial score (nSPS) is 15.2. The van der Waals surface area contributed by atoms with Gasteiger partial charge in [0.1, 0.15) is 18.5 Å². The minimum Gasteiger partial charge on any atom is -0.494 e. The van der Waals surface area contributed by atoms with Crippen molar-refractivity contribution in [1.82, 2.24) is 5.32 Å². The molecule has 0 aromatic heterocycles. The van der Waals surface area contributed by atoms with E-state index in [9.17, 15) is 13.2 Å². The van der Waals surface area contributed by atoms with Crippen molar-refractivity contribution in [2.75, 3.05) is 36.9 Å². The number of para-hydroxylation sites is 2. The zero-order valence-electron chi connectivity index (χ0n) is 17.7. The van der Waals surface area contributed by atoms with Gasteiger partial charge >= 0.3 is 0 Å². The smallest absolute Gasteiger partial charge is 0.232 e. The molecule has 2 aromatic rings. The molecule has 0 spiro atoms. The van der Waals surface area contributed by atoms with Gasteiger partial charge < -0.3 is 19.5 Å². The van der Waals surface area contributed by atoms with Crippen molar-refractivity contribution in [3.8, 4) is 17.2 Å². The van der Waals surface area contributed by atoms with E-state index in [-0.39, 0.29) is 25.0 Å². The maximum atomic E-state index is 12.2. The fraction of sp³-hybridized carbons (Fsp3) is 0.409. The highest BCUT2D eigenvalue weighted by Gasteiger charge is 2.21. The molecule has 1 heterocycles. The van der Waals surface area contributed by atoms with Gasteiger partial charge in [-0.1, -0.05) is 12.1 Å². The largest absolute Gasteiger partial charge is 0.494 e. The maximum absolute atomic E-state index is 12.2. The van der Waals surface area contributed by atoms with Crippen LogP contribution in [-0.2, 0) is 14.8 Å². The minimum absolute atomic E-state index is 0.164. The number of rotatable bonds is 10.